The lowest BCUT2D eigenvalue weighted by Gasteiger charge is -2.08. The van der Waals surface area contributed by atoms with Crippen molar-refractivity contribution in [1.29, 1.82) is 0 Å². The minimum Gasteiger partial charge on any atom is -0.484 e. The molecule has 1 aromatic heterocycles. The van der Waals surface area contributed by atoms with E-state index < -0.39 is 16.8 Å². The lowest BCUT2D eigenvalue weighted by molar-refractivity contribution is -0.384. The van der Waals surface area contributed by atoms with Gasteiger partial charge in [-0.2, -0.15) is 0 Å². The van der Waals surface area contributed by atoms with E-state index in [1.165, 1.54) is 42.7 Å². The van der Waals surface area contributed by atoms with Crippen molar-refractivity contribution in [1.82, 2.24) is 0 Å². The van der Waals surface area contributed by atoms with Gasteiger partial charge in [0.1, 0.15) is 10.8 Å². The molecule has 0 aliphatic heterocycles. The lowest BCUT2D eigenvalue weighted by atomic mass is 10.1. The first-order chi connectivity index (χ1) is 11.8. The van der Waals surface area contributed by atoms with Crippen molar-refractivity contribution in [3.8, 4) is 5.75 Å². The van der Waals surface area contributed by atoms with Crippen molar-refractivity contribution < 1.29 is 24.0 Å². The van der Waals surface area contributed by atoms with Crippen LogP contribution in [-0.2, 0) is 9.53 Å². The van der Waals surface area contributed by atoms with E-state index in [0.717, 1.165) is 10.4 Å². The molecule has 25 heavy (non-hydrogen) atoms. The quantitative estimate of drug-likeness (QED) is 0.479. The second-order valence-electron chi connectivity index (χ2n) is 5.07. The molecule has 9 heteroatoms. The van der Waals surface area contributed by atoms with Gasteiger partial charge in [-0.1, -0.05) is 6.07 Å². The number of aryl methyl sites for hydroxylation is 1. The van der Waals surface area contributed by atoms with Crippen molar-refractivity contribution in [3.05, 3.63) is 50.4 Å². The average molecular weight is 364 g/mol. The van der Waals surface area contributed by atoms with Gasteiger partial charge in [-0.05, 0) is 25.5 Å². The molecule has 0 atom stereocenters. The summed E-state index contributed by atoms with van der Waals surface area (Å²) in [5.74, 6) is -0.814. The highest BCUT2D eigenvalue weighted by Crippen LogP contribution is 2.32. The number of methoxy groups -OCH3 is 1. The molecule has 1 heterocycles. The van der Waals surface area contributed by atoms with Crippen LogP contribution in [-0.4, -0.2) is 30.5 Å². The molecule has 0 saturated carbocycles. The Labute approximate surface area is 147 Å². The Hall–Kier alpha value is -2.94. The fourth-order valence-corrected chi connectivity index (χ4v) is 3.13. The number of nitro groups is 1. The number of carbonyl (C=O) groups excluding carboxylic acids is 2. The third-order valence-electron chi connectivity index (χ3n) is 3.43. The van der Waals surface area contributed by atoms with Gasteiger partial charge in [0.15, 0.2) is 6.61 Å². The maximum atomic E-state index is 12.1. The second kappa shape index (κ2) is 7.75. The average Bonchev–Trinajstić information content (AvgIpc) is 2.86. The predicted octanol–water partition coefficient (Wildman–Crippen LogP) is 3.08. The zero-order valence-corrected chi connectivity index (χ0v) is 14.6. The molecule has 2 rings (SSSR count). The van der Waals surface area contributed by atoms with Crippen LogP contribution in [0.25, 0.3) is 0 Å². The standard InChI is InChI=1S/C16H16N2O6S/c1-9-10(2)25-15(14(9)16(20)23-3)17-13(19)8-24-12-6-4-5-11(7-12)18(21)22/h4-7H,8H2,1-3H3,(H,17,19). The first-order valence-corrected chi connectivity index (χ1v) is 8.00. The summed E-state index contributed by atoms with van der Waals surface area (Å²) in [6.45, 7) is 3.26. The minimum absolute atomic E-state index is 0.129. The van der Waals surface area contributed by atoms with Crippen molar-refractivity contribution in [2.75, 3.05) is 19.0 Å². The maximum Gasteiger partial charge on any atom is 0.341 e. The van der Waals surface area contributed by atoms with Gasteiger partial charge in [0.05, 0.1) is 23.7 Å². The van der Waals surface area contributed by atoms with E-state index in [-0.39, 0.29) is 18.0 Å². The van der Waals surface area contributed by atoms with Crippen LogP contribution in [0.15, 0.2) is 24.3 Å². The van der Waals surface area contributed by atoms with Crippen LogP contribution in [0, 0.1) is 24.0 Å². The molecular formula is C16H16N2O6S. The normalized spacial score (nSPS) is 10.2. The number of nitrogens with zero attached hydrogens (tertiary/aromatic N) is 1. The molecule has 0 bridgehead atoms. The number of hydrogen-bond donors (Lipinski definition) is 1. The number of esters is 1. The van der Waals surface area contributed by atoms with Crippen molar-refractivity contribution >= 4 is 33.9 Å². The number of carbonyl (C=O) groups is 2. The number of benzene rings is 1. The van der Waals surface area contributed by atoms with Gasteiger partial charge in [0, 0.05) is 10.9 Å². The molecule has 0 spiro atoms. The molecule has 1 aromatic carbocycles. The fourth-order valence-electron chi connectivity index (χ4n) is 2.06. The second-order valence-corrected chi connectivity index (χ2v) is 6.30. The Morgan fingerprint density at radius 3 is 2.68 bits per heavy atom. The van der Waals surface area contributed by atoms with Gasteiger partial charge in [0.25, 0.3) is 11.6 Å². The van der Waals surface area contributed by atoms with Crippen LogP contribution >= 0.6 is 11.3 Å². The van der Waals surface area contributed by atoms with Gasteiger partial charge < -0.3 is 14.8 Å². The Kier molecular flexibility index (Phi) is 5.71. The van der Waals surface area contributed by atoms with E-state index >= 15 is 0 Å². The monoisotopic (exact) mass is 364 g/mol. The third kappa shape index (κ3) is 4.32. The van der Waals surface area contributed by atoms with Crippen LogP contribution in [0.3, 0.4) is 0 Å². The van der Waals surface area contributed by atoms with Crippen LogP contribution in [0.5, 0.6) is 5.75 Å². The van der Waals surface area contributed by atoms with Gasteiger partial charge in [0.2, 0.25) is 0 Å². The summed E-state index contributed by atoms with van der Waals surface area (Å²) in [6, 6.07) is 5.53. The lowest BCUT2D eigenvalue weighted by Crippen LogP contribution is -2.21. The molecule has 8 nitrogen and oxygen atoms in total. The molecule has 132 valence electrons. The highest BCUT2D eigenvalue weighted by atomic mass is 32.1. The van der Waals surface area contributed by atoms with Crippen molar-refractivity contribution in [3.63, 3.8) is 0 Å². The summed E-state index contributed by atoms with van der Waals surface area (Å²) in [5, 5.41) is 13.7. The number of nitrogens with one attached hydrogen (secondary N) is 1. The van der Waals surface area contributed by atoms with Gasteiger partial charge in [-0.25, -0.2) is 4.79 Å². The molecule has 0 aliphatic rings. The molecular weight excluding hydrogens is 348 g/mol. The van der Waals surface area contributed by atoms with E-state index in [4.69, 9.17) is 9.47 Å². The number of nitro benzene ring substituents is 1. The summed E-state index contributed by atoms with van der Waals surface area (Å²) >= 11 is 1.26. The zero-order valence-electron chi connectivity index (χ0n) is 13.8. The highest BCUT2D eigenvalue weighted by molar-refractivity contribution is 7.16. The molecule has 0 aliphatic carbocycles. The summed E-state index contributed by atoms with van der Waals surface area (Å²) in [7, 11) is 1.27. The van der Waals surface area contributed by atoms with E-state index in [0.29, 0.717) is 10.6 Å². The number of rotatable bonds is 6. The van der Waals surface area contributed by atoms with Gasteiger partial charge >= 0.3 is 5.97 Å². The van der Waals surface area contributed by atoms with Crippen molar-refractivity contribution in [2.45, 2.75) is 13.8 Å². The van der Waals surface area contributed by atoms with Gasteiger partial charge in [-0.15, -0.1) is 11.3 Å². The summed E-state index contributed by atoms with van der Waals surface area (Å²) in [5.41, 5.74) is 0.927. The highest BCUT2D eigenvalue weighted by Gasteiger charge is 2.21. The Morgan fingerprint density at radius 2 is 2.04 bits per heavy atom. The largest absolute Gasteiger partial charge is 0.484 e. The number of hydrogen-bond acceptors (Lipinski definition) is 7. The third-order valence-corrected chi connectivity index (χ3v) is 4.55. The Bertz CT molecular complexity index is 830. The maximum absolute atomic E-state index is 12.1. The van der Waals surface area contributed by atoms with Crippen LogP contribution in [0.2, 0.25) is 0 Å². The first kappa shape index (κ1) is 18.4. The number of anilines is 1. The SMILES string of the molecule is COC(=O)c1c(NC(=O)COc2cccc([N+](=O)[O-])c2)sc(C)c1C. The predicted molar refractivity (Wildman–Crippen MR) is 92.4 cm³/mol. The van der Waals surface area contributed by atoms with E-state index in [9.17, 15) is 19.7 Å². The smallest absolute Gasteiger partial charge is 0.341 e. The van der Waals surface area contributed by atoms with Gasteiger partial charge in [-0.3, -0.25) is 14.9 Å². The molecule has 0 radical (unpaired) electrons. The number of non-ortho nitro benzene ring substituents is 1. The summed E-state index contributed by atoms with van der Waals surface area (Å²) < 4.78 is 10.0. The van der Waals surface area contributed by atoms with Crippen LogP contribution in [0.4, 0.5) is 10.7 Å². The molecule has 0 fully saturated rings. The van der Waals surface area contributed by atoms with Crippen LogP contribution in [0.1, 0.15) is 20.8 Å². The van der Waals surface area contributed by atoms with E-state index in [2.05, 4.69) is 5.32 Å². The Balaban J connectivity index is 2.06. The zero-order chi connectivity index (χ0) is 18.6. The first-order valence-electron chi connectivity index (χ1n) is 7.19. The molecule has 1 N–H and O–H groups in total. The number of amides is 1. The fraction of sp³-hybridized carbons (Fsp3) is 0.250. The minimum atomic E-state index is -0.549. The molecule has 1 amide bonds. The van der Waals surface area contributed by atoms with Crippen LogP contribution < -0.4 is 10.1 Å². The summed E-state index contributed by atoms with van der Waals surface area (Å²) in [6.07, 6.45) is 0. The number of thiophene rings is 1. The molecule has 2 aromatic rings. The number of ether oxygens (including phenoxy) is 2. The topological polar surface area (TPSA) is 108 Å². The molecule has 0 saturated heterocycles. The summed E-state index contributed by atoms with van der Waals surface area (Å²) in [4.78, 5) is 35.0. The van der Waals surface area contributed by atoms with E-state index in [1.807, 2.05) is 6.92 Å². The Morgan fingerprint density at radius 1 is 1.32 bits per heavy atom. The van der Waals surface area contributed by atoms with E-state index in [1.54, 1.807) is 6.92 Å². The van der Waals surface area contributed by atoms with Crippen molar-refractivity contribution in [2.24, 2.45) is 0 Å². The molecule has 0 unspecified atom stereocenters.